The third-order valence-corrected chi connectivity index (χ3v) is 8.62. The van der Waals surface area contributed by atoms with E-state index in [1.807, 2.05) is 58.3 Å². The number of aryl methyl sites for hydroxylation is 1. The van der Waals surface area contributed by atoms with Crippen LogP contribution in [0.2, 0.25) is 5.02 Å². The molecule has 2 amide bonds. The van der Waals surface area contributed by atoms with Gasteiger partial charge in [0.15, 0.2) is 0 Å². The minimum Gasteiger partial charge on any atom is -0.496 e. The molecule has 3 aromatic rings. The van der Waals surface area contributed by atoms with Crippen LogP contribution in [0.4, 0.5) is 5.69 Å². The summed E-state index contributed by atoms with van der Waals surface area (Å²) in [6.45, 7) is 9.19. The second-order valence-electron chi connectivity index (χ2n) is 10.7. The summed E-state index contributed by atoms with van der Waals surface area (Å²) < 4.78 is 5.73. The van der Waals surface area contributed by atoms with Crippen molar-refractivity contribution in [2.24, 2.45) is 0 Å². The molecule has 2 aliphatic rings. The summed E-state index contributed by atoms with van der Waals surface area (Å²) in [4.78, 5) is 33.6. The first-order valence-electron chi connectivity index (χ1n) is 14.2. The number of hydrogen-bond donors (Lipinski definition) is 0. The molecule has 0 aromatic heterocycles. The van der Waals surface area contributed by atoms with Crippen molar-refractivity contribution in [2.75, 3.05) is 51.3 Å². The van der Waals surface area contributed by atoms with E-state index in [1.165, 1.54) is 0 Å². The number of methoxy groups -OCH3 is 1. The van der Waals surface area contributed by atoms with Crippen LogP contribution >= 0.6 is 11.6 Å². The number of likely N-dealkylation sites (N-methyl/N-ethyl adjacent to an activating group) is 1. The van der Waals surface area contributed by atoms with Gasteiger partial charge in [0.05, 0.1) is 12.7 Å². The van der Waals surface area contributed by atoms with Gasteiger partial charge in [-0.1, -0.05) is 48.9 Å². The summed E-state index contributed by atoms with van der Waals surface area (Å²) in [6.07, 6.45) is 2.04. The van der Waals surface area contributed by atoms with Crippen molar-refractivity contribution in [3.8, 4) is 16.9 Å². The van der Waals surface area contributed by atoms with E-state index in [2.05, 4.69) is 30.9 Å². The molecule has 2 heterocycles. The average Bonchev–Trinajstić information content (AvgIpc) is 3.15. The molecule has 0 spiro atoms. The van der Waals surface area contributed by atoms with Crippen LogP contribution in [-0.4, -0.2) is 68.0 Å². The largest absolute Gasteiger partial charge is 0.496 e. The summed E-state index contributed by atoms with van der Waals surface area (Å²) in [6, 6.07) is 19.7. The normalized spacial score (nSPS) is 17.8. The fourth-order valence-electron chi connectivity index (χ4n) is 6.02. The Kier molecular flexibility index (Phi) is 8.77. The van der Waals surface area contributed by atoms with Crippen molar-refractivity contribution in [1.82, 2.24) is 9.80 Å². The zero-order valence-corrected chi connectivity index (χ0v) is 24.4. The molecule has 5 rings (SSSR count). The molecule has 6 nitrogen and oxygen atoms in total. The molecule has 0 aliphatic carbocycles. The molecular weight excluding hydrogens is 522 g/mol. The van der Waals surface area contributed by atoms with Crippen LogP contribution in [0.5, 0.6) is 5.75 Å². The minimum absolute atomic E-state index is 0.00790. The van der Waals surface area contributed by atoms with E-state index in [0.717, 1.165) is 73.5 Å². The molecule has 0 radical (unpaired) electrons. The lowest BCUT2D eigenvalue weighted by atomic mass is 9.90. The van der Waals surface area contributed by atoms with Crippen LogP contribution in [0.25, 0.3) is 11.1 Å². The number of benzene rings is 3. The second-order valence-corrected chi connectivity index (χ2v) is 11.2. The van der Waals surface area contributed by atoms with E-state index in [-0.39, 0.29) is 17.7 Å². The summed E-state index contributed by atoms with van der Waals surface area (Å²) >= 11 is 6.47. The Balaban J connectivity index is 1.41. The number of carbonyl (C=O) groups is 2. The zero-order chi connectivity index (χ0) is 28.2. The molecule has 1 saturated heterocycles. The lowest BCUT2D eigenvalue weighted by molar-refractivity contribution is -0.133. The SMILES string of the molecule is CCN1CCN(C(=O)CC2CCCN(C(=O)c3ccc(-c4ccccc4C)cc3OC)c3ccc(Cl)cc32)CC1. The predicted octanol–water partition coefficient (Wildman–Crippen LogP) is 6.40. The first-order chi connectivity index (χ1) is 19.4. The van der Waals surface area contributed by atoms with Gasteiger partial charge in [0.2, 0.25) is 5.91 Å². The van der Waals surface area contributed by atoms with Crippen molar-refractivity contribution in [1.29, 1.82) is 0 Å². The van der Waals surface area contributed by atoms with Gasteiger partial charge in [0, 0.05) is 49.9 Å². The monoisotopic (exact) mass is 559 g/mol. The molecule has 40 heavy (non-hydrogen) atoms. The third-order valence-electron chi connectivity index (χ3n) is 8.38. The molecule has 1 unspecified atom stereocenters. The fraction of sp³-hybridized carbons (Fsp3) is 0.394. The third kappa shape index (κ3) is 5.89. The first kappa shape index (κ1) is 28.2. The molecule has 0 bridgehead atoms. The number of ether oxygens (including phenoxy) is 1. The highest BCUT2D eigenvalue weighted by Gasteiger charge is 2.31. The Hall–Kier alpha value is -3.35. The molecule has 3 aromatic carbocycles. The molecule has 1 fully saturated rings. The van der Waals surface area contributed by atoms with Crippen molar-refractivity contribution in [2.45, 2.75) is 39.0 Å². The fourth-order valence-corrected chi connectivity index (χ4v) is 6.20. The number of amides is 2. The maximum Gasteiger partial charge on any atom is 0.262 e. The van der Waals surface area contributed by atoms with Crippen molar-refractivity contribution in [3.05, 3.63) is 82.4 Å². The number of anilines is 1. The maximum absolute atomic E-state index is 14.1. The van der Waals surface area contributed by atoms with E-state index in [4.69, 9.17) is 16.3 Å². The second kappa shape index (κ2) is 12.4. The van der Waals surface area contributed by atoms with Crippen molar-refractivity contribution < 1.29 is 14.3 Å². The van der Waals surface area contributed by atoms with Crippen LogP contribution in [0.1, 0.15) is 53.6 Å². The predicted molar refractivity (Wildman–Crippen MR) is 162 cm³/mol. The van der Waals surface area contributed by atoms with Crippen molar-refractivity contribution in [3.63, 3.8) is 0 Å². The average molecular weight is 560 g/mol. The van der Waals surface area contributed by atoms with Crippen molar-refractivity contribution >= 4 is 29.1 Å². The van der Waals surface area contributed by atoms with Crippen LogP contribution in [0, 0.1) is 6.92 Å². The molecule has 210 valence electrons. The van der Waals surface area contributed by atoms with Gasteiger partial charge in [-0.15, -0.1) is 0 Å². The molecular formula is C33H38ClN3O3. The van der Waals surface area contributed by atoms with Crippen LogP contribution in [0.3, 0.4) is 0 Å². The van der Waals surface area contributed by atoms with Gasteiger partial charge in [0.1, 0.15) is 5.75 Å². The highest BCUT2D eigenvalue weighted by molar-refractivity contribution is 6.30. The lowest BCUT2D eigenvalue weighted by Gasteiger charge is -2.35. The Morgan fingerprint density at radius 1 is 0.975 bits per heavy atom. The standard InChI is InChI=1S/C33H38ClN3O3/c1-4-35-16-18-36(19-17-35)32(38)21-24-9-7-15-37(30-14-12-26(34)22-29(24)30)33(39)28-13-11-25(20-31(28)40-3)27-10-6-5-8-23(27)2/h5-6,8,10-14,20,22,24H,4,7,9,15-19,21H2,1-3H3. The van der Waals surface area contributed by atoms with Gasteiger partial charge < -0.3 is 19.4 Å². The molecule has 7 heteroatoms. The van der Waals surface area contributed by atoms with Gasteiger partial charge >= 0.3 is 0 Å². The number of hydrogen-bond acceptors (Lipinski definition) is 4. The van der Waals surface area contributed by atoms with E-state index in [0.29, 0.717) is 29.3 Å². The van der Waals surface area contributed by atoms with E-state index in [9.17, 15) is 9.59 Å². The van der Waals surface area contributed by atoms with Crippen LogP contribution in [-0.2, 0) is 4.79 Å². The summed E-state index contributed by atoms with van der Waals surface area (Å²) in [5.41, 5.74) is 5.59. The number of rotatable bonds is 6. The maximum atomic E-state index is 14.1. The van der Waals surface area contributed by atoms with Gasteiger partial charge in [0.25, 0.3) is 5.91 Å². The number of piperazine rings is 1. The highest BCUT2D eigenvalue weighted by Crippen LogP contribution is 2.40. The lowest BCUT2D eigenvalue weighted by Crippen LogP contribution is -2.48. The number of nitrogens with zero attached hydrogens (tertiary/aromatic N) is 3. The molecule has 1 atom stereocenters. The smallest absolute Gasteiger partial charge is 0.262 e. The van der Waals surface area contributed by atoms with Gasteiger partial charge in [-0.05, 0) is 84.8 Å². The summed E-state index contributed by atoms with van der Waals surface area (Å²) in [5, 5.41) is 0.613. The molecule has 2 aliphatic heterocycles. The summed E-state index contributed by atoms with van der Waals surface area (Å²) in [7, 11) is 1.60. The minimum atomic E-state index is -0.112. The van der Waals surface area contributed by atoms with Gasteiger partial charge in [-0.2, -0.15) is 0 Å². The molecule has 0 N–H and O–H groups in total. The number of carbonyl (C=O) groups excluding carboxylic acids is 2. The zero-order valence-electron chi connectivity index (χ0n) is 23.7. The van der Waals surface area contributed by atoms with E-state index in [1.54, 1.807) is 7.11 Å². The topological polar surface area (TPSA) is 53.1 Å². The quantitative estimate of drug-likeness (QED) is 0.350. The van der Waals surface area contributed by atoms with Crippen LogP contribution < -0.4 is 9.64 Å². The number of halogens is 1. The van der Waals surface area contributed by atoms with E-state index >= 15 is 0 Å². The van der Waals surface area contributed by atoms with Gasteiger partial charge in [-0.25, -0.2) is 0 Å². The summed E-state index contributed by atoms with van der Waals surface area (Å²) in [5.74, 6) is 0.622. The van der Waals surface area contributed by atoms with Gasteiger partial charge in [-0.3, -0.25) is 9.59 Å². The number of fused-ring (bicyclic) bond motifs is 1. The first-order valence-corrected chi connectivity index (χ1v) is 14.6. The Morgan fingerprint density at radius 3 is 2.48 bits per heavy atom. The Labute approximate surface area is 242 Å². The molecule has 0 saturated carbocycles. The van der Waals surface area contributed by atoms with Crippen LogP contribution in [0.15, 0.2) is 60.7 Å². The Morgan fingerprint density at radius 2 is 1.75 bits per heavy atom. The van der Waals surface area contributed by atoms with E-state index < -0.39 is 0 Å². The highest BCUT2D eigenvalue weighted by atomic mass is 35.5. The Bertz CT molecular complexity index is 1380.